The van der Waals surface area contributed by atoms with Crippen molar-refractivity contribution in [3.63, 3.8) is 0 Å². The van der Waals surface area contributed by atoms with E-state index in [9.17, 15) is 4.79 Å². The van der Waals surface area contributed by atoms with Gasteiger partial charge in [0.1, 0.15) is 5.75 Å². The van der Waals surface area contributed by atoms with E-state index >= 15 is 0 Å². The second kappa shape index (κ2) is 5.42. The summed E-state index contributed by atoms with van der Waals surface area (Å²) in [6.45, 7) is 11.8. The largest absolute Gasteiger partial charge is 0.491 e. The van der Waals surface area contributed by atoms with Gasteiger partial charge in [0.15, 0.2) is 0 Å². The molecule has 3 nitrogen and oxygen atoms in total. The van der Waals surface area contributed by atoms with Crippen molar-refractivity contribution in [1.82, 2.24) is 5.32 Å². The lowest BCUT2D eigenvalue weighted by molar-refractivity contribution is 0.0919. The average molecular weight is 249 g/mol. The number of carbonyl (C=O) groups is 1. The van der Waals surface area contributed by atoms with E-state index in [1.54, 1.807) is 6.07 Å². The van der Waals surface area contributed by atoms with E-state index in [0.29, 0.717) is 5.56 Å². The lowest BCUT2D eigenvalue weighted by Gasteiger charge is -2.21. The molecule has 0 atom stereocenters. The summed E-state index contributed by atoms with van der Waals surface area (Å²) in [5.74, 6) is 0.777. The van der Waals surface area contributed by atoms with Crippen LogP contribution in [-0.4, -0.2) is 17.6 Å². The van der Waals surface area contributed by atoms with Crippen molar-refractivity contribution in [3.05, 3.63) is 29.3 Å². The molecule has 0 fully saturated rings. The van der Waals surface area contributed by atoms with E-state index in [1.165, 1.54) is 0 Å². The molecule has 1 N–H and O–H groups in total. The van der Waals surface area contributed by atoms with Crippen molar-refractivity contribution in [1.29, 1.82) is 0 Å². The fraction of sp³-hybridized carbons (Fsp3) is 0.533. The van der Waals surface area contributed by atoms with Crippen LogP contribution < -0.4 is 10.1 Å². The first-order valence-electron chi connectivity index (χ1n) is 6.29. The minimum atomic E-state index is -0.224. The Hall–Kier alpha value is -1.51. The smallest absolute Gasteiger partial charge is 0.251 e. The van der Waals surface area contributed by atoms with Gasteiger partial charge in [-0.2, -0.15) is 0 Å². The van der Waals surface area contributed by atoms with Crippen LogP contribution in [0, 0.1) is 6.92 Å². The monoisotopic (exact) mass is 249 g/mol. The van der Waals surface area contributed by atoms with Gasteiger partial charge >= 0.3 is 0 Å². The van der Waals surface area contributed by atoms with E-state index in [-0.39, 0.29) is 17.6 Å². The van der Waals surface area contributed by atoms with E-state index in [0.717, 1.165) is 11.3 Å². The van der Waals surface area contributed by atoms with E-state index in [1.807, 2.05) is 53.7 Å². The molecule has 0 aliphatic carbocycles. The van der Waals surface area contributed by atoms with Crippen molar-refractivity contribution < 1.29 is 9.53 Å². The SMILES string of the molecule is Cc1cc(C(=O)NC(C)(C)C)ccc1OC(C)C. The highest BCUT2D eigenvalue weighted by Gasteiger charge is 2.16. The van der Waals surface area contributed by atoms with Crippen LogP contribution in [0.1, 0.15) is 50.5 Å². The second-order valence-corrected chi connectivity index (χ2v) is 5.85. The number of benzene rings is 1. The molecule has 100 valence electrons. The molecule has 1 rings (SSSR count). The van der Waals surface area contributed by atoms with Gasteiger partial charge in [0.2, 0.25) is 0 Å². The summed E-state index contributed by atoms with van der Waals surface area (Å²) >= 11 is 0. The third-order valence-corrected chi connectivity index (χ3v) is 2.29. The number of hydrogen-bond acceptors (Lipinski definition) is 2. The standard InChI is InChI=1S/C15H23NO2/c1-10(2)18-13-8-7-12(9-11(13)3)14(17)16-15(4,5)6/h7-10H,1-6H3,(H,16,17). The maximum atomic E-state index is 12.0. The molecule has 1 amide bonds. The van der Waals surface area contributed by atoms with Crippen molar-refractivity contribution in [3.8, 4) is 5.75 Å². The number of nitrogens with one attached hydrogen (secondary N) is 1. The molecule has 0 radical (unpaired) electrons. The topological polar surface area (TPSA) is 38.3 Å². The molecule has 0 saturated heterocycles. The zero-order chi connectivity index (χ0) is 13.9. The molecule has 0 aromatic heterocycles. The Morgan fingerprint density at radius 1 is 1.28 bits per heavy atom. The van der Waals surface area contributed by atoms with Gasteiger partial charge in [-0.25, -0.2) is 0 Å². The first-order valence-corrected chi connectivity index (χ1v) is 6.29. The van der Waals surface area contributed by atoms with Gasteiger partial charge < -0.3 is 10.1 Å². The zero-order valence-electron chi connectivity index (χ0n) is 12.1. The zero-order valence-corrected chi connectivity index (χ0v) is 12.1. The molecule has 0 bridgehead atoms. The highest BCUT2D eigenvalue weighted by molar-refractivity contribution is 5.95. The Kier molecular flexibility index (Phi) is 4.38. The Morgan fingerprint density at radius 2 is 1.89 bits per heavy atom. The van der Waals surface area contributed by atoms with Crippen LogP contribution >= 0.6 is 0 Å². The Morgan fingerprint density at radius 3 is 2.33 bits per heavy atom. The summed E-state index contributed by atoms with van der Waals surface area (Å²) in [5.41, 5.74) is 1.42. The van der Waals surface area contributed by atoms with E-state index in [4.69, 9.17) is 4.74 Å². The Bertz CT molecular complexity index is 431. The highest BCUT2D eigenvalue weighted by Crippen LogP contribution is 2.20. The van der Waals surface area contributed by atoms with Gasteiger partial charge in [0, 0.05) is 11.1 Å². The number of aryl methyl sites for hydroxylation is 1. The predicted molar refractivity (Wildman–Crippen MR) is 74.2 cm³/mol. The molecular weight excluding hydrogens is 226 g/mol. The van der Waals surface area contributed by atoms with Crippen LogP contribution in [0.15, 0.2) is 18.2 Å². The summed E-state index contributed by atoms with van der Waals surface area (Å²) < 4.78 is 5.65. The number of carbonyl (C=O) groups excluding carboxylic acids is 1. The maximum absolute atomic E-state index is 12.0. The molecule has 0 saturated carbocycles. The minimum absolute atomic E-state index is 0.0540. The molecule has 0 aliphatic rings. The van der Waals surface area contributed by atoms with Crippen LogP contribution in [0.25, 0.3) is 0 Å². The van der Waals surface area contributed by atoms with Crippen LogP contribution in [-0.2, 0) is 0 Å². The van der Waals surface area contributed by atoms with Crippen molar-refractivity contribution in [2.75, 3.05) is 0 Å². The molecule has 0 unspecified atom stereocenters. The maximum Gasteiger partial charge on any atom is 0.251 e. The van der Waals surface area contributed by atoms with Gasteiger partial charge in [-0.05, 0) is 65.3 Å². The molecule has 18 heavy (non-hydrogen) atoms. The lowest BCUT2D eigenvalue weighted by atomic mass is 10.1. The Labute approximate surface area is 110 Å². The van der Waals surface area contributed by atoms with E-state index < -0.39 is 0 Å². The third-order valence-electron chi connectivity index (χ3n) is 2.29. The predicted octanol–water partition coefficient (Wildman–Crippen LogP) is 3.31. The summed E-state index contributed by atoms with van der Waals surface area (Å²) in [7, 11) is 0. The number of amides is 1. The summed E-state index contributed by atoms with van der Waals surface area (Å²) in [6, 6.07) is 5.51. The average Bonchev–Trinajstić information content (AvgIpc) is 2.17. The normalized spacial score (nSPS) is 11.5. The van der Waals surface area contributed by atoms with Crippen LogP contribution in [0.3, 0.4) is 0 Å². The first kappa shape index (κ1) is 14.6. The fourth-order valence-corrected chi connectivity index (χ4v) is 1.59. The molecule has 1 aromatic rings. The summed E-state index contributed by atoms with van der Waals surface area (Å²) in [6.07, 6.45) is 0.137. The molecular formula is C15H23NO2. The summed E-state index contributed by atoms with van der Waals surface area (Å²) in [5, 5.41) is 2.94. The quantitative estimate of drug-likeness (QED) is 0.892. The Balaban J connectivity index is 2.87. The minimum Gasteiger partial charge on any atom is -0.491 e. The summed E-state index contributed by atoms with van der Waals surface area (Å²) in [4.78, 5) is 12.0. The number of ether oxygens (including phenoxy) is 1. The second-order valence-electron chi connectivity index (χ2n) is 5.85. The van der Waals surface area contributed by atoms with Crippen molar-refractivity contribution >= 4 is 5.91 Å². The van der Waals surface area contributed by atoms with Gasteiger partial charge in [-0.3, -0.25) is 4.79 Å². The van der Waals surface area contributed by atoms with Gasteiger partial charge in [-0.1, -0.05) is 0 Å². The molecule has 0 aliphatic heterocycles. The fourth-order valence-electron chi connectivity index (χ4n) is 1.59. The van der Waals surface area contributed by atoms with Crippen LogP contribution in [0.2, 0.25) is 0 Å². The lowest BCUT2D eigenvalue weighted by Crippen LogP contribution is -2.40. The molecule has 3 heteroatoms. The third kappa shape index (κ3) is 4.40. The number of rotatable bonds is 3. The van der Waals surface area contributed by atoms with Crippen LogP contribution in [0.4, 0.5) is 0 Å². The molecule has 0 heterocycles. The van der Waals surface area contributed by atoms with Crippen molar-refractivity contribution in [2.45, 2.75) is 53.2 Å². The van der Waals surface area contributed by atoms with Gasteiger partial charge in [0.25, 0.3) is 5.91 Å². The van der Waals surface area contributed by atoms with E-state index in [2.05, 4.69) is 5.32 Å². The molecule has 1 aromatic carbocycles. The highest BCUT2D eigenvalue weighted by atomic mass is 16.5. The first-order chi connectivity index (χ1) is 8.19. The van der Waals surface area contributed by atoms with Crippen LogP contribution in [0.5, 0.6) is 5.75 Å². The van der Waals surface area contributed by atoms with Gasteiger partial charge in [0.05, 0.1) is 6.10 Å². The molecule has 0 spiro atoms. The van der Waals surface area contributed by atoms with Gasteiger partial charge in [-0.15, -0.1) is 0 Å². The number of hydrogen-bond donors (Lipinski definition) is 1. The van der Waals surface area contributed by atoms with Crippen molar-refractivity contribution in [2.24, 2.45) is 0 Å².